The van der Waals surface area contributed by atoms with Gasteiger partial charge >= 0.3 is 5.97 Å². The standard InChI is InChI=1S/C38H55ClN2O6SSi/c1-37(2,3)49(5,6)47-35(26-9-7-11-30(20-26)48(40,43)44)31-15-12-28(31)22-41-23-38(18-8-10-25-19-29(39)14-16-32(25)38)24-46-34-17-13-27(21-33(34)41)36(42)45-4/h13-14,16-17,19,21,26,28,30-31,35H,7-12,15,18,20,22-24H2,1-6H3,(H2,40,43,44)/t26-,28+,30+,31-,35-,38+/m1/s1. The molecule has 49 heavy (non-hydrogen) atoms. The van der Waals surface area contributed by atoms with E-state index in [1.807, 2.05) is 18.2 Å². The fourth-order valence-electron chi connectivity index (χ4n) is 8.72. The summed E-state index contributed by atoms with van der Waals surface area (Å²) in [6, 6.07) is 11.9. The number of benzene rings is 2. The molecule has 2 aromatic rings. The summed E-state index contributed by atoms with van der Waals surface area (Å²) in [5.41, 5.74) is 3.78. The van der Waals surface area contributed by atoms with E-state index < -0.39 is 23.6 Å². The predicted molar refractivity (Wildman–Crippen MR) is 199 cm³/mol. The molecule has 0 bridgehead atoms. The molecular formula is C38H55ClN2O6SSi. The van der Waals surface area contributed by atoms with Crippen molar-refractivity contribution in [1.82, 2.24) is 0 Å². The lowest BCUT2D eigenvalue weighted by atomic mass is 9.65. The molecule has 11 heteroatoms. The molecule has 0 amide bonds. The minimum absolute atomic E-state index is 0.0213. The lowest BCUT2D eigenvalue weighted by Gasteiger charge is -2.52. The second-order valence-corrected chi connectivity index (χ2v) is 23.8. The van der Waals surface area contributed by atoms with Gasteiger partial charge in [0.1, 0.15) is 5.75 Å². The molecule has 3 aliphatic carbocycles. The number of esters is 1. The van der Waals surface area contributed by atoms with Crippen LogP contribution in [-0.4, -0.2) is 60.9 Å². The molecule has 0 saturated heterocycles. The number of carbonyl (C=O) groups is 1. The van der Waals surface area contributed by atoms with Gasteiger partial charge in [-0.1, -0.05) is 44.9 Å². The Morgan fingerprint density at radius 1 is 1.12 bits per heavy atom. The van der Waals surface area contributed by atoms with E-state index in [2.05, 4.69) is 50.9 Å². The number of ether oxygens (including phenoxy) is 2. The van der Waals surface area contributed by atoms with Crippen molar-refractivity contribution < 1.29 is 27.1 Å². The smallest absolute Gasteiger partial charge is 0.337 e. The topological polar surface area (TPSA) is 108 Å². The number of hydrogen-bond donors (Lipinski definition) is 1. The highest BCUT2D eigenvalue weighted by molar-refractivity contribution is 7.89. The number of fused-ring (bicyclic) bond motifs is 3. The molecule has 8 nitrogen and oxygen atoms in total. The summed E-state index contributed by atoms with van der Waals surface area (Å²) in [6.07, 6.45) is 8.12. The second-order valence-electron chi connectivity index (χ2n) is 16.8. The van der Waals surface area contributed by atoms with Gasteiger partial charge in [0, 0.05) is 23.5 Å². The third kappa shape index (κ3) is 7.45. The number of rotatable bonds is 8. The van der Waals surface area contributed by atoms with Gasteiger partial charge in [-0.2, -0.15) is 0 Å². The predicted octanol–water partition coefficient (Wildman–Crippen LogP) is 7.86. The van der Waals surface area contributed by atoms with Gasteiger partial charge in [0.2, 0.25) is 10.0 Å². The fourth-order valence-corrected chi connectivity index (χ4v) is 11.3. The van der Waals surface area contributed by atoms with Crippen molar-refractivity contribution >= 4 is 41.6 Å². The van der Waals surface area contributed by atoms with E-state index in [0.717, 1.165) is 74.5 Å². The van der Waals surface area contributed by atoms with Crippen molar-refractivity contribution in [1.29, 1.82) is 0 Å². The SMILES string of the molecule is COC(=O)c1ccc2c(c1)N(C[C@@H]1CC[C@H]1[C@H](O[Si](C)(C)C(C)(C)C)[C@@H]1CCC[C@H](S(N)(=O)=O)C1)C[C@@]1(CCCc3cc(Cl)ccc31)CO2. The molecule has 1 aliphatic heterocycles. The quantitative estimate of drug-likeness (QED) is 0.218. The Morgan fingerprint density at radius 2 is 1.90 bits per heavy atom. The van der Waals surface area contributed by atoms with E-state index >= 15 is 0 Å². The number of aryl methyl sites for hydroxylation is 1. The largest absolute Gasteiger partial charge is 0.490 e. The lowest BCUT2D eigenvalue weighted by Crippen LogP contribution is -2.55. The molecular weight excluding hydrogens is 676 g/mol. The van der Waals surface area contributed by atoms with Gasteiger partial charge in [0.15, 0.2) is 8.32 Å². The van der Waals surface area contributed by atoms with Gasteiger partial charge < -0.3 is 18.8 Å². The Balaban J connectivity index is 1.36. The molecule has 2 fully saturated rings. The number of primary sulfonamides is 1. The molecule has 270 valence electrons. The minimum Gasteiger partial charge on any atom is -0.490 e. The van der Waals surface area contributed by atoms with Crippen LogP contribution in [0.4, 0.5) is 5.69 Å². The summed E-state index contributed by atoms with van der Waals surface area (Å²) in [6.45, 7) is 13.5. The van der Waals surface area contributed by atoms with Gasteiger partial charge in [-0.25, -0.2) is 18.4 Å². The first-order valence-corrected chi connectivity index (χ1v) is 23.0. The number of hydrogen-bond acceptors (Lipinski definition) is 7. The highest BCUT2D eigenvalue weighted by Gasteiger charge is 2.50. The van der Waals surface area contributed by atoms with E-state index in [1.165, 1.54) is 18.2 Å². The van der Waals surface area contributed by atoms with E-state index in [4.69, 9.17) is 30.6 Å². The van der Waals surface area contributed by atoms with Crippen LogP contribution in [0.25, 0.3) is 0 Å². The van der Waals surface area contributed by atoms with Crippen LogP contribution in [0.5, 0.6) is 5.75 Å². The number of nitrogens with two attached hydrogens (primary N) is 1. The highest BCUT2D eigenvalue weighted by atomic mass is 35.5. The highest BCUT2D eigenvalue weighted by Crippen LogP contribution is 2.50. The first-order chi connectivity index (χ1) is 23.0. The number of methoxy groups -OCH3 is 1. The molecule has 4 aliphatic rings. The maximum atomic E-state index is 12.7. The van der Waals surface area contributed by atoms with Gasteiger partial charge in [0.05, 0.1) is 36.3 Å². The summed E-state index contributed by atoms with van der Waals surface area (Å²) in [7, 11) is -4.40. The van der Waals surface area contributed by atoms with Crippen molar-refractivity contribution in [3.05, 3.63) is 58.1 Å². The third-order valence-corrected chi connectivity index (χ3v) is 18.7. The van der Waals surface area contributed by atoms with Crippen molar-refractivity contribution in [2.45, 2.75) is 113 Å². The molecule has 1 spiro atoms. The van der Waals surface area contributed by atoms with Crippen LogP contribution in [0.1, 0.15) is 93.6 Å². The molecule has 6 rings (SSSR count). The van der Waals surface area contributed by atoms with E-state index in [-0.39, 0.29) is 28.4 Å². The average Bonchev–Trinajstić information content (AvgIpc) is 3.18. The molecule has 0 radical (unpaired) electrons. The summed E-state index contributed by atoms with van der Waals surface area (Å²) >= 11 is 6.48. The van der Waals surface area contributed by atoms with Gasteiger partial charge in [-0.15, -0.1) is 0 Å². The Morgan fingerprint density at radius 3 is 2.57 bits per heavy atom. The molecule has 2 N–H and O–H groups in total. The van der Waals surface area contributed by atoms with Crippen molar-refractivity contribution in [3.63, 3.8) is 0 Å². The van der Waals surface area contributed by atoms with Gasteiger partial charge in [-0.05, 0) is 129 Å². The zero-order valence-corrected chi connectivity index (χ0v) is 32.7. The molecule has 1 heterocycles. The summed E-state index contributed by atoms with van der Waals surface area (Å²) in [5.74, 6) is 1.18. The Kier molecular flexibility index (Phi) is 10.3. The van der Waals surface area contributed by atoms with Crippen LogP contribution in [0.2, 0.25) is 23.2 Å². The van der Waals surface area contributed by atoms with Crippen molar-refractivity contribution in [2.75, 3.05) is 31.7 Å². The lowest BCUT2D eigenvalue weighted by molar-refractivity contribution is -0.0227. The Bertz CT molecular complexity index is 1660. The van der Waals surface area contributed by atoms with Gasteiger partial charge in [-0.3, -0.25) is 0 Å². The van der Waals surface area contributed by atoms with Crippen molar-refractivity contribution in [3.8, 4) is 5.75 Å². The molecule has 0 aromatic heterocycles. The number of anilines is 1. The van der Waals surface area contributed by atoms with Crippen LogP contribution in [0.3, 0.4) is 0 Å². The van der Waals surface area contributed by atoms with Gasteiger partial charge in [0.25, 0.3) is 0 Å². The summed E-state index contributed by atoms with van der Waals surface area (Å²) < 4.78 is 44.3. The zero-order valence-electron chi connectivity index (χ0n) is 30.1. The average molecular weight is 731 g/mol. The number of halogens is 1. The monoisotopic (exact) mass is 730 g/mol. The number of sulfonamides is 1. The second kappa shape index (κ2) is 13.8. The van der Waals surface area contributed by atoms with E-state index in [1.54, 1.807) is 6.07 Å². The minimum atomic E-state index is -3.62. The van der Waals surface area contributed by atoms with E-state index in [9.17, 15) is 13.2 Å². The normalized spacial score (nSPS) is 28.0. The first kappa shape index (κ1) is 36.7. The van der Waals surface area contributed by atoms with Crippen LogP contribution in [0, 0.1) is 17.8 Å². The fraction of sp³-hybridized carbons (Fsp3) is 0.658. The van der Waals surface area contributed by atoms with Crippen molar-refractivity contribution in [2.24, 2.45) is 22.9 Å². The maximum Gasteiger partial charge on any atom is 0.337 e. The number of nitrogens with zero attached hydrogens (tertiary/aromatic N) is 1. The van der Waals surface area contributed by atoms with Crippen LogP contribution in [-0.2, 0) is 31.0 Å². The maximum absolute atomic E-state index is 12.7. The molecule has 0 unspecified atom stereocenters. The summed E-state index contributed by atoms with van der Waals surface area (Å²) in [5, 5.41) is 6.00. The van der Waals surface area contributed by atoms with Crippen LogP contribution in [0.15, 0.2) is 36.4 Å². The Hall–Kier alpha value is -2.11. The molecule has 2 aromatic carbocycles. The zero-order chi connectivity index (χ0) is 35.4. The summed E-state index contributed by atoms with van der Waals surface area (Å²) in [4.78, 5) is 15.2. The van der Waals surface area contributed by atoms with E-state index in [0.29, 0.717) is 36.8 Å². The molecule has 2 saturated carbocycles. The van der Waals surface area contributed by atoms with Crippen LogP contribution < -0.4 is 14.8 Å². The third-order valence-electron chi connectivity index (χ3n) is 12.6. The first-order valence-electron chi connectivity index (χ1n) is 18.1. The van der Waals surface area contributed by atoms with Crippen LogP contribution >= 0.6 is 11.6 Å². The Labute approximate surface area is 299 Å². The number of carbonyl (C=O) groups excluding carboxylic acids is 1. The molecule has 6 atom stereocenters.